The van der Waals surface area contributed by atoms with E-state index in [2.05, 4.69) is 54.3 Å². The first kappa shape index (κ1) is 13.1. The molecule has 2 heterocycles. The van der Waals surface area contributed by atoms with E-state index in [1.807, 2.05) is 11.4 Å². The van der Waals surface area contributed by atoms with E-state index in [1.54, 1.807) is 17.7 Å². The van der Waals surface area contributed by atoms with Crippen LogP contribution in [0.2, 0.25) is 0 Å². The third-order valence-corrected chi connectivity index (χ3v) is 4.41. The van der Waals surface area contributed by atoms with Gasteiger partial charge in [-0.05, 0) is 43.3 Å². The Bertz CT molecular complexity index is 748. The van der Waals surface area contributed by atoms with Crippen LogP contribution in [0.15, 0.2) is 36.0 Å². The van der Waals surface area contributed by atoms with Gasteiger partial charge < -0.3 is 5.32 Å². The van der Waals surface area contributed by atoms with Crippen molar-refractivity contribution in [1.82, 2.24) is 9.97 Å². The van der Waals surface area contributed by atoms with Gasteiger partial charge in [-0.25, -0.2) is 9.97 Å². The van der Waals surface area contributed by atoms with Crippen LogP contribution in [0.3, 0.4) is 0 Å². The normalized spacial score (nSPS) is 12.6. The Morgan fingerprint density at radius 3 is 2.85 bits per heavy atom. The van der Waals surface area contributed by atoms with Gasteiger partial charge in [0, 0.05) is 0 Å². The molecule has 0 aliphatic rings. The second-order valence-electron chi connectivity index (χ2n) is 5.08. The molecule has 1 aromatic carbocycles. The van der Waals surface area contributed by atoms with E-state index < -0.39 is 0 Å². The number of hydrogen-bond donors (Lipinski definition) is 1. The van der Waals surface area contributed by atoms with Crippen molar-refractivity contribution in [3.05, 3.63) is 52.7 Å². The third-order valence-electron chi connectivity index (χ3n) is 3.50. The van der Waals surface area contributed by atoms with Gasteiger partial charge in [0.1, 0.15) is 12.1 Å². The molecule has 3 rings (SSSR count). The maximum Gasteiger partial charge on any atom is 0.147 e. The molecular weight excluding hydrogens is 266 g/mol. The summed E-state index contributed by atoms with van der Waals surface area (Å²) in [5.74, 6) is 0.915. The fraction of sp³-hybridized carbons (Fsp3) is 0.250. The molecule has 4 heteroatoms. The van der Waals surface area contributed by atoms with Gasteiger partial charge in [-0.1, -0.05) is 23.8 Å². The summed E-state index contributed by atoms with van der Waals surface area (Å²) in [4.78, 5) is 8.66. The Morgan fingerprint density at radius 2 is 2.00 bits per heavy atom. The van der Waals surface area contributed by atoms with E-state index in [4.69, 9.17) is 0 Å². The van der Waals surface area contributed by atoms with Crippen molar-refractivity contribution in [3.63, 3.8) is 0 Å². The van der Waals surface area contributed by atoms with Crippen molar-refractivity contribution in [2.45, 2.75) is 26.8 Å². The van der Waals surface area contributed by atoms with Gasteiger partial charge in [-0.2, -0.15) is 0 Å². The smallest absolute Gasteiger partial charge is 0.147 e. The first-order chi connectivity index (χ1) is 9.65. The van der Waals surface area contributed by atoms with Gasteiger partial charge in [-0.3, -0.25) is 0 Å². The number of rotatable bonds is 3. The van der Waals surface area contributed by atoms with Gasteiger partial charge >= 0.3 is 0 Å². The molecule has 102 valence electrons. The number of aryl methyl sites for hydroxylation is 2. The van der Waals surface area contributed by atoms with Crippen molar-refractivity contribution < 1.29 is 0 Å². The maximum absolute atomic E-state index is 4.38. The fourth-order valence-corrected chi connectivity index (χ4v) is 3.20. The minimum absolute atomic E-state index is 0.218. The largest absolute Gasteiger partial charge is 0.362 e. The van der Waals surface area contributed by atoms with Crippen LogP contribution in [0.5, 0.6) is 0 Å². The molecule has 0 spiro atoms. The third kappa shape index (κ3) is 2.39. The Morgan fingerprint density at radius 1 is 1.15 bits per heavy atom. The van der Waals surface area contributed by atoms with Crippen LogP contribution < -0.4 is 5.32 Å². The molecule has 0 radical (unpaired) electrons. The van der Waals surface area contributed by atoms with Crippen molar-refractivity contribution >= 4 is 27.4 Å². The van der Waals surface area contributed by atoms with E-state index in [0.29, 0.717) is 0 Å². The molecule has 0 unspecified atom stereocenters. The average Bonchev–Trinajstić information content (AvgIpc) is 2.91. The Balaban J connectivity index is 1.94. The lowest BCUT2D eigenvalue weighted by Crippen LogP contribution is -2.09. The summed E-state index contributed by atoms with van der Waals surface area (Å²) in [5, 5.41) is 5.56. The number of aromatic nitrogens is 2. The molecule has 0 saturated carbocycles. The number of fused-ring (bicyclic) bond motifs is 1. The highest BCUT2D eigenvalue weighted by atomic mass is 32.1. The number of anilines is 1. The predicted octanol–water partition coefficient (Wildman–Crippen LogP) is 4.48. The number of thiophene rings is 1. The molecule has 3 nitrogen and oxygen atoms in total. The van der Waals surface area contributed by atoms with E-state index in [-0.39, 0.29) is 6.04 Å². The molecule has 3 aromatic rings. The van der Waals surface area contributed by atoms with Gasteiger partial charge in [0.2, 0.25) is 0 Å². The highest BCUT2D eigenvalue weighted by Gasteiger charge is 2.12. The molecular formula is C16H17N3S. The Hall–Kier alpha value is -1.94. The standard InChI is InChI=1S/C16H17N3S/c1-10-4-5-11(2)13(8-10)12(3)19-16-15-14(6-7-20-15)17-9-18-16/h4-9,12H,1-3H3,(H,17,18,19)/t12-/m0/s1. The van der Waals surface area contributed by atoms with Gasteiger partial charge in [0.05, 0.1) is 16.3 Å². The Kier molecular flexibility index (Phi) is 3.40. The van der Waals surface area contributed by atoms with Crippen LogP contribution in [0, 0.1) is 13.8 Å². The van der Waals surface area contributed by atoms with E-state index in [9.17, 15) is 0 Å². The maximum atomic E-state index is 4.38. The number of benzene rings is 1. The topological polar surface area (TPSA) is 37.8 Å². The minimum Gasteiger partial charge on any atom is -0.362 e. The summed E-state index contributed by atoms with van der Waals surface area (Å²) in [6.45, 7) is 6.44. The quantitative estimate of drug-likeness (QED) is 0.770. The van der Waals surface area contributed by atoms with Crippen LogP contribution in [0.4, 0.5) is 5.82 Å². The first-order valence-corrected chi connectivity index (χ1v) is 7.55. The molecule has 0 saturated heterocycles. The monoisotopic (exact) mass is 283 g/mol. The number of nitrogens with zero attached hydrogens (tertiary/aromatic N) is 2. The van der Waals surface area contributed by atoms with Crippen LogP contribution in [0.1, 0.15) is 29.7 Å². The van der Waals surface area contributed by atoms with Crippen molar-refractivity contribution in [2.24, 2.45) is 0 Å². The Labute approximate surface area is 122 Å². The van der Waals surface area contributed by atoms with Crippen molar-refractivity contribution in [2.75, 3.05) is 5.32 Å². The van der Waals surface area contributed by atoms with Crippen LogP contribution in [-0.4, -0.2) is 9.97 Å². The summed E-state index contributed by atoms with van der Waals surface area (Å²) in [6, 6.07) is 8.79. The van der Waals surface area contributed by atoms with Gasteiger partial charge in [0.15, 0.2) is 0 Å². The summed E-state index contributed by atoms with van der Waals surface area (Å²) < 4.78 is 1.12. The zero-order chi connectivity index (χ0) is 14.1. The molecule has 0 fully saturated rings. The lowest BCUT2D eigenvalue weighted by molar-refractivity contribution is 0.864. The van der Waals surface area contributed by atoms with Gasteiger partial charge in [0.25, 0.3) is 0 Å². The van der Waals surface area contributed by atoms with Crippen molar-refractivity contribution in [3.8, 4) is 0 Å². The van der Waals surface area contributed by atoms with Crippen molar-refractivity contribution in [1.29, 1.82) is 0 Å². The molecule has 2 aromatic heterocycles. The highest BCUT2D eigenvalue weighted by Crippen LogP contribution is 2.29. The van der Waals surface area contributed by atoms with Gasteiger partial charge in [-0.15, -0.1) is 11.3 Å². The summed E-state index contributed by atoms with van der Waals surface area (Å²) in [5.41, 5.74) is 4.89. The lowest BCUT2D eigenvalue weighted by atomic mass is 10.00. The highest BCUT2D eigenvalue weighted by molar-refractivity contribution is 7.17. The molecule has 1 N–H and O–H groups in total. The van der Waals surface area contributed by atoms with Crippen LogP contribution in [0.25, 0.3) is 10.2 Å². The minimum atomic E-state index is 0.218. The first-order valence-electron chi connectivity index (χ1n) is 6.67. The SMILES string of the molecule is Cc1ccc(C)c([C@H](C)Nc2ncnc3ccsc23)c1. The van der Waals surface area contributed by atoms with E-state index in [1.165, 1.54) is 16.7 Å². The average molecular weight is 283 g/mol. The number of hydrogen-bond acceptors (Lipinski definition) is 4. The summed E-state index contributed by atoms with van der Waals surface area (Å²) >= 11 is 1.67. The molecule has 1 atom stereocenters. The summed E-state index contributed by atoms with van der Waals surface area (Å²) in [7, 11) is 0. The lowest BCUT2D eigenvalue weighted by Gasteiger charge is -2.18. The van der Waals surface area contributed by atoms with Crippen LogP contribution >= 0.6 is 11.3 Å². The fourth-order valence-electron chi connectivity index (χ4n) is 2.40. The van der Waals surface area contributed by atoms with E-state index >= 15 is 0 Å². The second-order valence-corrected chi connectivity index (χ2v) is 6.00. The molecule has 0 aliphatic heterocycles. The number of nitrogens with one attached hydrogen (secondary N) is 1. The summed E-state index contributed by atoms with van der Waals surface area (Å²) in [6.07, 6.45) is 1.62. The molecule has 20 heavy (non-hydrogen) atoms. The predicted molar refractivity (Wildman–Crippen MR) is 85.4 cm³/mol. The second kappa shape index (κ2) is 5.21. The van der Waals surface area contributed by atoms with E-state index in [0.717, 1.165) is 16.0 Å². The molecule has 0 amide bonds. The molecule has 0 aliphatic carbocycles. The molecule has 0 bridgehead atoms. The zero-order valence-corrected chi connectivity index (χ0v) is 12.7. The van der Waals surface area contributed by atoms with Crippen LogP contribution in [-0.2, 0) is 0 Å². The zero-order valence-electron chi connectivity index (χ0n) is 11.8.